The Hall–Kier alpha value is -0.770. The van der Waals surface area contributed by atoms with Crippen LogP contribution in [0.1, 0.15) is 25.0 Å². The van der Waals surface area contributed by atoms with Gasteiger partial charge in [-0.25, -0.2) is 0 Å². The number of hydrogen-bond acceptors (Lipinski definition) is 3. The summed E-state index contributed by atoms with van der Waals surface area (Å²) in [7, 11) is 0. The van der Waals surface area contributed by atoms with Crippen molar-refractivity contribution in [2.45, 2.75) is 25.0 Å². The van der Waals surface area contributed by atoms with Gasteiger partial charge in [0.25, 0.3) is 0 Å². The summed E-state index contributed by atoms with van der Waals surface area (Å²) in [6.45, 7) is 2.59. The Morgan fingerprint density at radius 3 is 2.87 bits per heavy atom. The van der Waals surface area contributed by atoms with Gasteiger partial charge in [-0.15, -0.1) is 0 Å². The molecule has 2 atom stereocenters. The van der Waals surface area contributed by atoms with Gasteiger partial charge in [-0.3, -0.25) is 0 Å². The summed E-state index contributed by atoms with van der Waals surface area (Å²) >= 11 is 5.79. The number of epoxide rings is 1. The number of aromatic hydroxyl groups is 1. The van der Waals surface area contributed by atoms with Crippen molar-refractivity contribution in [2.24, 2.45) is 0 Å². The lowest BCUT2D eigenvalue weighted by atomic mass is 9.98. The molecule has 1 aliphatic heterocycles. The molecule has 82 valence electrons. The minimum Gasteiger partial charge on any atom is -0.508 e. The number of aliphatic hydroxyl groups excluding tert-OH is 1. The van der Waals surface area contributed by atoms with Gasteiger partial charge < -0.3 is 14.9 Å². The molecule has 2 unspecified atom stereocenters. The summed E-state index contributed by atoms with van der Waals surface area (Å²) in [6, 6.07) is 4.65. The van der Waals surface area contributed by atoms with E-state index in [4.69, 9.17) is 16.3 Å². The molecule has 0 aromatic heterocycles. The van der Waals surface area contributed by atoms with Crippen LogP contribution in [0.5, 0.6) is 5.75 Å². The zero-order valence-corrected chi connectivity index (χ0v) is 9.16. The molecule has 1 saturated heterocycles. The van der Waals surface area contributed by atoms with E-state index < -0.39 is 6.10 Å². The Balaban J connectivity index is 2.16. The molecule has 4 heteroatoms. The van der Waals surface area contributed by atoms with Crippen LogP contribution in [0.2, 0.25) is 5.02 Å². The number of benzene rings is 1. The van der Waals surface area contributed by atoms with Crippen LogP contribution < -0.4 is 0 Å². The first-order valence-corrected chi connectivity index (χ1v) is 5.18. The topological polar surface area (TPSA) is 53.0 Å². The third-order valence-electron chi connectivity index (χ3n) is 2.61. The first-order chi connectivity index (χ1) is 7.00. The minimum atomic E-state index is -0.740. The van der Waals surface area contributed by atoms with Crippen LogP contribution in [0.25, 0.3) is 0 Å². The van der Waals surface area contributed by atoms with E-state index in [1.807, 2.05) is 6.92 Å². The normalized spacial score (nSPS) is 26.3. The average molecular weight is 229 g/mol. The smallest absolute Gasteiger partial charge is 0.121 e. The molecule has 0 radical (unpaired) electrons. The molecule has 3 nitrogen and oxygen atoms in total. The van der Waals surface area contributed by atoms with Gasteiger partial charge in [-0.1, -0.05) is 11.6 Å². The molecule has 2 rings (SSSR count). The summed E-state index contributed by atoms with van der Waals surface area (Å²) < 4.78 is 5.18. The fourth-order valence-corrected chi connectivity index (χ4v) is 1.73. The first kappa shape index (κ1) is 10.7. The highest BCUT2D eigenvalue weighted by molar-refractivity contribution is 6.30. The Kier molecular flexibility index (Phi) is 2.63. The summed E-state index contributed by atoms with van der Waals surface area (Å²) in [5.41, 5.74) is 0.216. The standard InChI is InChI=1S/C11H13ClO3/c1-11(6-15-11)5-10(14)8-4-7(12)2-3-9(8)13/h2-4,10,13-14H,5-6H2,1H3. The highest BCUT2D eigenvalue weighted by Gasteiger charge is 2.41. The number of hydrogen-bond donors (Lipinski definition) is 2. The van der Waals surface area contributed by atoms with Crippen molar-refractivity contribution in [2.75, 3.05) is 6.61 Å². The molecule has 0 spiro atoms. The lowest BCUT2D eigenvalue weighted by Gasteiger charge is -2.14. The van der Waals surface area contributed by atoms with Crippen molar-refractivity contribution < 1.29 is 14.9 Å². The Bertz CT molecular complexity index is 374. The van der Waals surface area contributed by atoms with E-state index in [0.29, 0.717) is 23.6 Å². The van der Waals surface area contributed by atoms with Crippen LogP contribution in [0, 0.1) is 0 Å². The van der Waals surface area contributed by atoms with Crippen LogP contribution in [-0.2, 0) is 4.74 Å². The van der Waals surface area contributed by atoms with E-state index >= 15 is 0 Å². The van der Waals surface area contributed by atoms with Crippen molar-refractivity contribution >= 4 is 11.6 Å². The average Bonchev–Trinajstić information content (AvgIpc) is 2.87. The van der Waals surface area contributed by atoms with Crippen LogP contribution >= 0.6 is 11.6 Å². The molecule has 0 saturated carbocycles. The van der Waals surface area contributed by atoms with Crippen molar-refractivity contribution in [1.82, 2.24) is 0 Å². The molecule has 0 aliphatic carbocycles. The molecular formula is C11H13ClO3. The predicted molar refractivity (Wildman–Crippen MR) is 57.1 cm³/mol. The zero-order chi connectivity index (χ0) is 11.1. The monoisotopic (exact) mass is 228 g/mol. The highest BCUT2D eigenvalue weighted by atomic mass is 35.5. The first-order valence-electron chi connectivity index (χ1n) is 4.81. The van der Waals surface area contributed by atoms with E-state index in [1.54, 1.807) is 12.1 Å². The Morgan fingerprint density at radius 1 is 1.60 bits per heavy atom. The van der Waals surface area contributed by atoms with Crippen molar-refractivity contribution in [3.63, 3.8) is 0 Å². The fourth-order valence-electron chi connectivity index (χ4n) is 1.55. The van der Waals surface area contributed by atoms with Gasteiger partial charge in [-0.05, 0) is 25.1 Å². The SMILES string of the molecule is CC1(CC(O)c2cc(Cl)ccc2O)CO1. The van der Waals surface area contributed by atoms with Crippen LogP contribution in [0.4, 0.5) is 0 Å². The zero-order valence-electron chi connectivity index (χ0n) is 8.40. The molecule has 0 amide bonds. The van der Waals surface area contributed by atoms with Gasteiger partial charge in [0.15, 0.2) is 0 Å². The lowest BCUT2D eigenvalue weighted by Crippen LogP contribution is -2.11. The van der Waals surface area contributed by atoms with E-state index in [-0.39, 0.29) is 11.4 Å². The molecular weight excluding hydrogens is 216 g/mol. The van der Waals surface area contributed by atoms with Gasteiger partial charge in [0, 0.05) is 17.0 Å². The third kappa shape index (κ3) is 2.43. The fraction of sp³-hybridized carbons (Fsp3) is 0.455. The summed E-state index contributed by atoms with van der Waals surface area (Å²) in [5.74, 6) is 0.0659. The Labute approximate surface area is 93.3 Å². The summed E-state index contributed by atoms with van der Waals surface area (Å²) in [6.07, 6.45) is -0.267. The summed E-state index contributed by atoms with van der Waals surface area (Å²) in [5, 5.41) is 20.0. The summed E-state index contributed by atoms with van der Waals surface area (Å²) in [4.78, 5) is 0. The van der Waals surface area contributed by atoms with Gasteiger partial charge in [0.1, 0.15) is 5.75 Å². The number of phenolic OH excluding ortho intramolecular Hbond substituents is 1. The molecule has 1 fully saturated rings. The Morgan fingerprint density at radius 2 is 2.27 bits per heavy atom. The minimum absolute atomic E-state index is 0.0659. The molecule has 15 heavy (non-hydrogen) atoms. The van der Waals surface area contributed by atoms with E-state index in [9.17, 15) is 10.2 Å². The number of ether oxygens (including phenoxy) is 1. The highest BCUT2D eigenvalue weighted by Crippen LogP contribution is 2.38. The van der Waals surface area contributed by atoms with Crippen molar-refractivity contribution in [3.8, 4) is 5.75 Å². The quantitative estimate of drug-likeness (QED) is 0.781. The lowest BCUT2D eigenvalue weighted by molar-refractivity contribution is 0.128. The van der Waals surface area contributed by atoms with Gasteiger partial charge in [0.2, 0.25) is 0 Å². The largest absolute Gasteiger partial charge is 0.508 e. The van der Waals surface area contributed by atoms with Crippen LogP contribution in [-0.4, -0.2) is 22.4 Å². The second-order valence-electron chi connectivity index (χ2n) is 4.16. The number of rotatable bonds is 3. The van der Waals surface area contributed by atoms with Crippen molar-refractivity contribution in [3.05, 3.63) is 28.8 Å². The molecule has 1 heterocycles. The van der Waals surface area contributed by atoms with E-state index in [1.165, 1.54) is 6.07 Å². The second kappa shape index (κ2) is 3.67. The molecule has 1 aromatic carbocycles. The van der Waals surface area contributed by atoms with E-state index in [2.05, 4.69) is 0 Å². The third-order valence-corrected chi connectivity index (χ3v) is 2.85. The maximum atomic E-state index is 9.90. The van der Waals surface area contributed by atoms with Gasteiger partial charge in [0.05, 0.1) is 18.3 Å². The van der Waals surface area contributed by atoms with E-state index in [0.717, 1.165) is 0 Å². The number of aliphatic hydroxyl groups is 1. The molecule has 2 N–H and O–H groups in total. The number of phenols is 1. The van der Waals surface area contributed by atoms with Crippen molar-refractivity contribution in [1.29, 1.82) is 0 Å². The molecule has 1 aromatic rings. The maximum Gasteiger partial charge on any atom is 0.121 e. The van der Waals surface area contributed by atoms with Gasteiger partial charge >= 0.3 is 0 Å². The second-order valence-corrected chi connectivity index (χ2v) is 4.60. The molecule has 0 bridgehead atoms. The van der Waals surface area contributed by atoms with Gasteiger partial charge in [-0.2, -0.15) is 0 Å². The van der Waals surface area contributed by atoms with Crippen LogP contribution in [0.3, 0.4) is 0 Å². The predicted octanol–water partition coefficient (Wildman–Crippen LogP) is 2.26. The number of halogens is 1. The maximum absolute atomic E-state index is 9.90. The molecule has 1 aliphatic rings. The van der Waals surface area contributed by atoms with Crippen LogP contribution in [0.15, 0.2) is 18.2 Å².